The lowest BCUT2D eigenvalue weighted by Gasteiger charge is -2.27. The molecule has 0 heterocycles. The summed E-state index contributed by atoms with van der Waals surface area (Å²) in [5.41, 5.74) is 3.08. The molecule has 2 aliphatic carbocycles. The molecule has 4 aromatic carbocycles. The Morgan fingerprint density at radius 2 is 1.09 bits per heavy atom. The van der Waals surface area contributed by atoms with Crippen LogP contribution in [-0.4, -0.2) is 157 Å². The van der Waals surface area contributed by atoms with Crippen LogP contribution in [0.15, 0.2) is 82.6 Å². The zero-order valence-corrected chi connectivity index (χ0v) is 49.7. The Labute approximate surface area is 484 Å². The lowest BCUT2D eigenvalue weighted by Crippen LogP contribution is -2.37. The Morgan fingerprint density at radius 1 is 0.593 bits per heavy atom. The van der Waals surface area contributed by atoms with Crippen LogP contribution in [0.2, 0.25) is 10.0 Å². The van der Waals surface area contributed by atoms with Crippen molar-refractivity contribution in [3.63, 3.8) is 0 Å². The second-order valence-corrected chi connectivity index (χ2v) is 25.2. The molecular formula is C57H76Cl2F3N5O12S2. The van der Waals surface area contributed by atoms with Crippen LogP contribution in [0.3, 0.4) is 0 Å². The van der Waals surface area contributed by atoms with Crippen LogP contribution in [0.5, 0.6) is 11.5 Å². The quantitative estimate of drug-likeness (QED) is 0.0369. The number of carbonyl (C=O) groups is 2. The zero-order chi connectivity index (χ0) is 58.7. The summed E-state index contributed by atoms with van der Waals surface area (Å²) in [5, 5.41) is 6.10. The minimum atomic E-state index is -4.58. The number of halogens is 5. The van der Waals surface area contributed by atoms with E-state index in [1.165, 1.54) is 48.0 Å². The molecule has 0 aliphatic heterocycles. The summed E-state index contributed by atoms with van der Waals surface area (Å²) < 4.78 is 131. The topological polar surface area (TPSA) is 200 Å². The van der Waals surface area contributed by atoms with Gasteiger partial charge in [0.1, 0.15) is 29.5 Å². The second-order valence-electron chi connectivity index (χ2n) is 20.5. The number of fused-ring (bicyclic) bond motifs is 2. The number of nitrogens with one attached hydrogen (secondary N) is 3. The number of ether oxygens (including phenoxy) is 6. The molecule has 3 N–H and O–H groups in total. The smallest absolute Gasteiger partial charge is 0.416 e. The van der Waals surface area contributed by atoms with E-state index in [1.54, 1.807) is 31.1 Å². The summed E-state index contributed by atoms with van der Waals surface area (Å²) >= 11 is 12.5. The molecule has 4 aromatic rings. The maximum absolute atomic E-state index is 13.9. The third-order valence-corrected chi connectivity index (χ3v) is 17.7. The number of hydrogen-bond acceptors (Lipinski definition) is 14. The van der Waals surface area contributed by atoms with Crippen molar-refractivity contribution in [3.05, 3.63) is 116 Å². The number of ketones is 1. The Hall–Kier alpha value is -4.59. The first-order chi connectivity index (χ1) is 38.5. The molecule has 0 spiro atoms. The number of sulfonamides is 1. The van der Waals surface area contributed by atoms with Gasteiger partial charge in [0.05, 0.1) is 72.8 Å². The molecule has 0 saturated carbocycles. The fraction of sp³-hybridized carbons (Fsp3) is 0.544. The first-order valence-electron chi connectivity index (χ1n) is 27.2. The van der Waals surface area contributed by atoms with Gasteiger partial charge < -0.3 is 48.9 Å². The molecule has 24 heteroatoms. The summed E-state index contributed by atoms with van der Waals surface area (Å²) in [6, 6.07) is 17.9. The van der Waals surface area contributed by atoms with Crippen molar-refractivity contribution in [2.75, 3.05) is 106 Å². The molecule has 448 valence electrons. The highest BCUT2D eigenvalue weighted by Crippen LogP contribution is 2.45. The SMILES string of the molecule is Cc1cc(Cl)cc2c1C[C@H](N(C)C)[C@H]2Oc1ccc(S(=O)(=O)NCCOCCOCCCC(=O)CCCCCNC(=O)NCCOCCOCCCS(=O)(=O)c2ccc(O[C@H]3c4cc(Cl)cc(C(F)(F)F)c4C[C@@H]3N(C)C)cc2)cc1. The van der Waals surface area contributed by atoms with Crippen molar-refractivity contribution >= 4 is 54.9 Å². The van der Waals surface area contributed by atoms with Crippen molar-refractivity contribution in [2.45, 2.75) is 105 Å². The number of carbonyl (C=O) groups excluding carboxylic acids is 2. The molecule has 81 heavy (non-hydrogen) atoms. The van der Waals surface area contributed by atoms with Crippen LogP contribution in [0.25, 0.3) is 0 Å². The van der Waals surface area contributed by atoms with E-state index in [0.29, 0.717) is 67.5 Å². The monoisotopic (exact) mass is 1210 g/mol. The molecule has 0 fully saturated rings. The largest absolute Gasteiger partial charge is 0.484 e. The van der Waals surface area contributed by atoms with Crippen molar-refractivity contribution in [2.24, 2.45) is 0 Å². The Bertz CT molecular complexity index is 2910. The van der Waals surface area contributed by atoms with Gasteiger partial charge in [-0.1, -0.05) is 29.6 Å². The third kappa shape index (κ3) is 20.0. The van der Waals surface area contributed by atoms with Gasteiger partial charge >= 0.3 is 12.2 Å². The highest BCUT2D eigenvalue weighted by Gasteiger charge is 2.43. The van der Waals surface area contributed by atoms with Gasteiger partial charge in [-0.2, -0.15) is 13.2 Å². The number of amides is 2. The molecule has 17 nitrogen and oxygen atoms in total. The highest BCUT2D eigenvalue weighted by molar-refractivity contribution is 7.91. The lowest BCUT2D eigenvalue weighted by molar-refractivity contribution is -0.138. The molecule has 0 unspecified atom stereocenters. The third-order valence-electron chi connectivity index (χ3n) is 14.0. The van der Waals surface area contributed by atoms with Gasteiger partial charge in [0.25, 0.3) is 0 Å². The van der Waals surface area contributed by atoms with Crippen LogP contribution in [0.1, 0.15) is 90.5 Å². The van der Waals surface area contributed by atoms with Crippen molar-refractivity contribution < 1.29 is 68.0 Å². The minimum Gasteiger partial charge on any atom is -0.484 e. The number of rotatable bonds is 35. The standard InChI is InChI=1S/C57H76Cl2F3N5O12S2/c1-39-33-40(58)34-49-47(39)37-52(66(2)3)54(49)78-44-15-19-46(20-16-44)81(72,73)65-23-27-77-31-28-74-24-9-12-42(68)11-7-6-8-21-63-56(69)64-22-26-76-30-29-75-25-10-32-80(70,71)45-17-13-43(14-18-45)79-55-50-35-41(59)36-51(57(60,61)62)48(50)38-53(55)67(4)5/h13-20,33-36,52-55,65H,6-12,21-32,37-38H2,1-5H3,(H2,63,64,69)/t52-,53-,54-,55-/m0/s1. The fourth-order valence-corrected chi connectivity index (χ4v) is 12.5. The summed E-state index contributed by atoms with van der Waals surface area (Å²) in [6.45, 7) is 4.95. The molecule has 4 atom stereocenters. The van der Waals surface area contributed by atoms with E-state index in [9.17, 15) is 39.6 Å². The van der Waals surface area contributed by atoms with E-state index >= 15 is 0 Å². The average molecular weight is 1220 g/mol. The van der Waals surface area contributed by atoms with Gasteiger partial charge in [0, 0.05) is 55.7 Å². The van der Waals surface area contributed by atoms with E-state index in [1.807, 2.05) is 33.2 Å². The maximum atomic E-state index is 13.9. The molecule has 2 aliphatic rings. The summed E-state index contributed by atoms with van der Waals surface area (Å²) in [7, 11) is 0.121. The number of sulfone groups is 1. The van der Waals surface area contributed by atoms with E-state index in [0.717, 1.165) is 36.5 Å². The van der Waals surface area contributed by atoms with Crippen molar-refractivity contribution in [3.8, 4) is 11.5 Å². The van der Waals surface area contributed by atoms with Crippen molar-refractivity contribution in [1.82, 2.24) is 25.2 Å². The number of urea groups is 1. The number of alkyl halides is 3. The molecule has 0 aromatic heterocycles. The predicted octanol–water partition coefficient (Wildman–Crippen LogP) is 8.95. The van der Waals surface area contributed by atoms with Crippen LogP contribution in [-0.2, 0) is 62.6 Å². The van der Waals surface area contributed by atoms with Crippen LogP contribution in [0, 0.1) is 6.92 Å². The van der Waals surface area contributed by atoms with Gasteiger partial charge in [0.2, 0.25) is 10.0 Å². The molecule has 2 amide bonds. The van der Waals surface area contributed by atoms with E-state index in [2.05, 4.69) is 20.3 Å². The summed E-state index contributed by atoms with van der Waals surface area (Å²) in [6.07, 6.45) is -0.751. The first-order valence-corrected chi connectivity index (χ1v) is 31.0. The van der Waals surface area contributed by atoms with Gasteiger partial charge in [-0.3, -0.25) is 4.79 Å². The molecule has 6 rings (SSSR count). The van der Waals surface area contributed by atoms with Gasteiger partial charge in [-0.15, -0.1) is 0 Å². The Balaban J connectivity index is 0.704. The van der Waals surface area contributed by atoms with Gasteiger partial charge in [-0.25, -0.2) is 26.4 Å². The van der Waals surface area contributed by atoms with E-state index < -0.39 is 43.7 Å². The molecule has 0 saturated heterocycles. The van der Waals surface area contributed by atoms with Gasteiger partial charge in [-0.05, 0) is 174 Å². The molecule has 0 radical (unpaired) electrons. The Kier molecular flexibility index (Phi) is 25.4. The maximum Gasteiger partial charge on any atom is 0.416 e. The number of likely N-dealkylation sites (N-methyl/N-ethyl adjacent to an activating group) is 2. The van der Waals surface area contributed by atoms with E-state index in [-0.39, 0.29) is 116 Å². The predicted molar refractivity (Wildman–Crippen MR) is 304 cm³/mol. The number of nitrogens with zero attached hydrogens (tertiary/aromatic N) is 2. The Morgan fingerprint density at radius 3 is 1.67 bits per heavy atom. The molecular weight excluding hydrogens is 1140 g/mol. The van der Waals surface area contributed by atoms with Gasteiger partial charge in [0.15, 0.2) is 9.84 Å². The number of aryl methyl sites for hydroxylation is 1. The molecule has 0 bridgehead atoms. The number of hydrogen-bond donors (Lipinski definition) is 3. The van der Waals surface area contributed by atoms with Crippen LogP contribution < -0.4 is 24.8 Å². The fourth-order valence-electron chi connectivity index (χ4n) is 9.74. The normalized spacial score (nSPS) is 17.1. The van der Waals surface area contributed by atoms with Crippen LogP contribution >= 0.6 is 23.2 Å². The summed E-state index contributed by atoms with van der Waals surface area (Å²) in [4.78, 5) is 28.6. The number of unbranched alkanes of at least 4 members (excludes halogenated alkanes) is 2. The summed E-state index contributed by atoms with van der Waals surface area (Å²) in [5.74, 6) is 0.849. The minimum absolute atomic E-state index is 0.0469. The lowest BCUT2D eigenvalue weighted by atomic mass is 10.0. The zero-order valence-electron chi connectivity index (χ0n) is 46.6. The van der Waals surface area contributed by atoms with Crippen LogP contribution in [0.4, 0.5) is 18.0 Å². The van der Waals surface area contributed by atoms with Crippen molar-refractivity contribution in [1.29, 1.82) is 0 Å². The first kappa shape index (κ1) is 65.6. The average Bonchev–Trinajstić information content (AvgIpc) is 4.04. The highest BCUT2D eigenvalue weighted by atomic mass is 35.5. The second kappa shape index (κ2) is 31.3. The van der Waals surface area contributed by atoms with E-state index in [4.69, 9.17) is 51.6 Å². The number of benzene rings is 4. The number of Topliss-reactive ketones (excluding diaryl/α,β-unsaturated/α-hetero) is 1.